The molecule has 2 aromatic rings. The number of hydrogen-bond donors (Lipinski definition) is 2. The van der Waals surface area contributed by atoms with Crippen molar-refractivity contribution in [2.45, 2.75) is 44.4 Å². The molecule has 0 bridgehead atoms. The molecule has 7 nitrogen and oxygen atoms in total. The molecule has 0 atom stereocenters. The maximum absolute atomic E-state index is 12.4. The van der Waals surface area contributed by atoms with Crippen LogP contribution in [-0.4, -0.2) is 38.9 Å². The first-order valence-electron chi connectivity index (χ1n) is 9.93. The van der Waals surface area contributed by atoms with Gasteiger partial charge >= 0.3 is 0 Å². The lowest BCUT2D eigenvalue weighted by molar-refractivity contribution is -0.116. The predicted molar refractivity (Wildman–Crippen MR) is 115 cm³/mol. The summed E-state index contributed by atoms with van der Waals surface area (Å²) < 4.78 is 27.2. The number of hydrogen-bond acceptors (Lipinski definition) is 5. The number of piperidine rings is 1. The molecule has 0 radical (unpaired) electrons. The van der Waals surface area contributed by atoms with Crippen LogP contribution in [0.5, 0.6) is 0 Å². The summed E-state index contributed by atoms with van der Waals surface area (Å²) in [7, 11) is -3.64. The fourth-order valence-electron chi connectivity index (χ4n) is 3.27. The van der Waals surface area contributed by atoms with Gasteiger partial charge in [-0.15, -0.1) is 0 Å². The van der Waals surface area contributed by atoms with Crippen molar-refractivity contribution in [3.05, 3.63) is 47.7 Å². The van der Waals surface area contributed by atoms with Gasteiger partial charge in [-0.25, -0.2) is 18.1 Å². The average molecular weight is 417 g/mol. The van der Waals surface area contributed by atoms with Crippen LogP contribution in [0.1, 0.15) is 36.8 Å². The minimum Gasteiger partial charge on any atom is -0.370 e. The Bertz CT molecular complexity index is 952. The second kappa shape index (κ2) is 9.37. The summed E-state index contributed by atoms with van der Waals surface area (Å²) in [5.41, 5.74) is 3.00. The summed E-state index contributed by atoms with van der Waals surface area (Å²) in [6, 6.07) is 8.71. The molecule has 2 N–H and O–H groups in total. The van der Waals surface area contributed by atoms with Crippen LogP contribution in [0.25, 0.3) is 0 Å². The van der Waals surface area contributed by atoms with Crippen LogP contribution in [0.15, 0.2) is 41.4 Å². The van der Waals surface area contributed by atoms with E-state index >= 15 is 0 Å². The van der Waals surface area contributed by atoms with E-state index in [1.807, 2.05) is 19.9 Å². The number of aromatic nitrogens is 1. The van der Waals surface area contributed by atoms with Gasteiger partial charge < -0.3 is 10.2 Å². The fourth-order valence-corrected chi connectivity index (χ4v) is 4.38. The predicted octanol–water partition coefficient (Wildman–Crippen LogP) is 3.00. The molecule has 0 unspecified atom stereocenters. The van der Waals surface area contributed by atoms with Crippen LogP contribution in [0, 0.1) is 13.8 Å². The van der Waals surface area contributed by atoms with Gasteiger partial charge in [-0.05, 0) is 68.5 Å². The van der Waals surface area contributed by atoms with Crippen molar-refractivity contribution in [2.24, 2.45) is 0 Å². The van der Waals surface area contributed by atoms with Crippen molar-refractivity contribution in [2.75, 3.05) is 29.9 Å². The lowest BCUT2D eigenvalue weighted by atomic mass is 10.1. The third-order valence-electron chi connectivity index (χ3n) is 5.17. The molecule has 0 aliphatic carbocycles. The molecule has 2 heterocycles. The molecule has 1 aliphatic rings. The normalized spacial score (nSPS) is 14.6. The summed E-state index contributed by atoms with van der Waals surface area (Å²) in [4.78, 5) is 18.9. The summed E-state index contributed by atoms with van der Waals surface area (Å²) >= 11 is 0. The van der Waals surface area contributed by atoms with Crippen LogP contribution >= 0.6 is 0 Å². The number of pyridine rings is 1. The Morgan fingerprint density at radius 2 is 1.83 bits per heavy atom. The second-order valence-electron chi connectivity index (χ2n) is 7.39. The number of rotatable bonds is 7. The molecule has 1 aromatic heterocycles. The zero-order valence-electron chi connectivity index (χ0n) is 16.9. The Labute approximate surface area is 172 Å². The highest BCUT2D eigenvalue weighted by atomic mass is 32.2. The molecule has 0 saturated carbocycles. The molecule has 1 amide bonds. The SMILES string of the molecule is Cc1ccc(S(=O)(=O)NCCC(=O)Nc2ccc(N3CCCCC3)cn2)cc1C. The minimum absolute atomic E-state index is 0.0208. The lowest BCUT2D eigenvalue weighted by Crippen LogP contribution is -2.29. The molecule has 1 aromatic carbocycles. The highest BCUT2D eigenvalue weighted by Gasteiger charge is 2.15. The van der Waals surface area contributed by atoms with Gasteiger partial charge in [-0.3, -0.25) is 4.79 Å². The van der Waals surface area contributed by atoms with Gasteiger partial charge in [0, 0.05) is 26.1 Å². The minimum atomic E-state index is -3.64. The maximum atomic E-state index is 12.4. The van der Waals surface area contributed by atoms with Crippen molar-refractivity contribution in [1.29, 1.82) is 0 Å². The molecular weight excluding hydrogens is 388 g/mol. The first-order chi connectivity index (χ1) is 13.8. The number of nitrogens with zero attached hydrogens (tertiary/aromatic N) is 2. The lowest BCUT2D eigenvalue weighted by Gasteiger charge is -2.28. The van der Waals surface area contributed by atoms with Crippen LogP contribution in [0.3, 0.4) is 0 Å². The molecule has 1 aliphatic heterocycles. The van der Waals surface area contributed by atoms with Gasteiger partial charge in [0.2, 0.25) is 15.9 Å². The Balaban J connectivity index is 1.48. The number of benzene rings is 1. The number of aryl methyl sites for hydroxylation is 2. The van der Waals surface area contributed by atoms with E-state index in [-0.39, 0.29) is 23.8 Å². The van der Waals surface area contributed by atoms with E-state index in [9.17, 15) is 13.2 Å². The van der Waals surface area contributed by atoms with Crippen LogP contribution in [0.2, 0.25) is 0 Å². The Hall–Kier alpha value is -2.45. The quantitative estimate of drug-likeness (QED) is 0.724. The van der Waals surface area contributed by atoms with Gasteiger partial charge in [0.05, 0.1) is 16.8 Å². The number of amides is 1. The third kappa shape index (κ3) is 5.77. The number of nitrogens with one attached hydrogen (secondary N) is 2. The van der Waals surface area contributed by atoms with Crippen LogP contribution in [-0.2, 0) is 14.8 Å². The fraction of sp³-hybridized carbons (Fsp3) is 0.429. The number of anilines is 2. The van der Waals surface area contributed by atoms with E-state index in [2.05, 4.69) is 19.9 Å². The van der Waals surface area contributed by atoms with Gasteiger partial charge in [0.25, 0.3) is 0 Å². The van der Waals surface area contributed by atoms with E-state index in [1.165, 1.54) is 19.3 Å². The number of carbonyl (C=O) groups is 1. The van der Waals surface area contributed by atoms with Crippen molar-refractivity contribution >= 4 is 27.4 Å². The first-order valence-corrected chi connectivity index (χ1v) is 11.4. The largest absolute Gasteiger partial charge is 0.370 e. The third-order valence-corrected chi connectivity index (χ3v) is 6.63. The van der Waals surface area contributed by atoms with E-state index < -0.39 is 10.0 Å². The van der Waals surface area contributed by atoms with Gasteiger partial charge in [0.1, 0.15) is 5.82 Å². The summed E-state index contributed by atoms with van der Waals surface area (Å²) in [5.74, 6) is 0.179. The molecule has 8 heteroatoms. The van der Waals surface area contributed by atoms with Crippen molar-refractivity contribution in [3.8, 4) is 0 Å². The van der Waals surface area contributed by atoms with Crippen LogP contribution < -0.4 is 14.9 Å². The molecule has 3 rings (SSSR count). The standard InChI is InChI=1S/C21H28N4O3S/c1-16-6-8-19(14-17(16)2)29(27,28)23-11-10-21(26)24-20-9-7-18(15-22-20)25-12-4-3-5-13-25/h6-9,14-15,23H,3-5,10-13H2,1-2H3,(H,22,24,26). The summed E-state index contributed by atoms with van der Waals surface area (Å²) in [6.45, 7) is 5.89. The molecule has 0 spiro atoms. The van der Waals surface area contributed by atoms with E-state index in [1.54, 1.807) is 30.5 Å². The number of carbonyl (C=O) groups excluding carboxylic acids is 1. The van der Waals surface area contributed by atoms with E-state index in [4.69, 9.17) is 0 Å². The summed E-state index contributed by atoms with van der Waals surface area (Å²) in [6.07, 6.45) is 5.45. The Kier molecular flexibility index (Phi) is 6.87. The smallest absolute Gasteiger partial charge is 0.240 e. The van der Waals surface area contributed by atoms with Crippen molar-refractivity contribution in [3.63, 3.8) is 0 Å². The highest BCUT2D eigenvalue weighted by Crippen LogP contribution is 2.20. The highest BCUT2D eigenvalue weighted by molar-refractivity contribution is 7.89. The molecule has 29 heavy (non-hydrogen) atoms. The molecule has 1 fully saturated rings. The van der Waals surface area contributed by atoms with E-state index in [0.29, 0.717) is 5.82 Å². The van der Waals surface area contributed by atoms with Crippen LogP contribution in [0.4, 0.5) is 11.5 Å². The van der Waals surface area contributed by atoms with Gasteiger partial charge in [-0.2, -0.15) is 0 Å². The first kappa shape index (κ1) is 21.3. The molecule has 156 valence electrons. The molecular formula is C21H28N4O3S. The second-order valence-corrected chi connectivity index (χ2v) is 9.16. The van der Waals surface area contributed by atoms with Gasteiger partial charge in [-0.1, -0.05) is 6.07 Å². The molecule has 1 saturated heterocycles. The van der Waals surface area contributed by atoms with Crippen molar-refractivity contribution < 1.29 is 13.2 Å². The average Bonchev–Trinajstić information content (AvgIpc) is 2.71. The monoisotopic (exact) mass is 416 g/mol. The summed E-state index contributed by atoms with van der Waals surface area (Å²) in [5, 5.41) is 2.71. The Morgan fingerprint density at radius 1 is 1.07 bits per heavy atom. The zero-order chi connectivity index (χ0) is 20.9. The zero-order valence-corrected chi connectivity index (χ0v) is 17.8. The number of sulfonamides is 1. The Morgan fingerprint density at radius 3 is 2.48 bits per heavy atom. The van der Waals surface area contributed by atoms with Gasteiger partial charge in [0.15, 0.2) is 0 Å². The van der Waals surface area contributed by atoms with Crippen molar-refractivity contribution in [1.82, 2.24) is 9.71 Å². The topological polar surface area (TPSA) is 91.4 Å². The maximum Gasteiger partial charge on any atom is 0.240 e. The van der Waals surface area contributed by atoms with E-state index in [0.717, 1.165) is 29.9 Å².